The van der Waals surface area contributed by atoms with E-state index in [1.165, 1.54) is 0 Å². The van der Waals surface area contributed by atoms with Gasteiger partial charge in [-0.1, -0.05) is 0 Å². The van der Waals surface area contributed by atoms with Crippen LogP contribution in [0.1, 0.15) is 6.42 Å². The van der Waals surface area contributed by atoms with Crippen LogP contribution in [0.3, 0.4) is 0 Å². The smallest absolute Gasteiger partial charge is 0.246 e. The van der Waals surface area contributed by atoms with E-state index in [2.05, 4.69) is 5.32 Å². The van der Waals surface area contributed by atoms with E-state index in [4.69, 9.17) is 10.5 Å². The zero-order chi connectivity index (χ0) is 13.2. The maximum Gasteiger partial charge on any atom is 0.246 e. The zero-order valence-corrected chi connectivity index (χ0v) is 10.8. The van der Waals surface area contributed by atoms with Crippen molar-refractivity contribution in [2.24, 2.45) is 5.73 Å². The predicted molar refractivity (Wildman–Crippen MR) is 71.8 cm³/mol. The Morgan fingerprint density at radius 2 is 2.06 bits per heavy atom. The van der Waals surface area contributed by atoms with Crippen molar-refractivity contribution in [2.45, 2.75) is 12.0 Å². The largest absolute Gasteiger partial charge is 0.379 e. The van der Waals surface area contributed by atoms with E-state index in [1.807, 2.05) is 43.3 Å². The van der Waals surface area contributed by atoms with Crippen molar-refractivity contribution in [3.63, 3.8) is 0 Å². The summed E-state index contributed by atoms with van der Waals surface area (Å²) in [5.74, 6) is -0.183. The molecule has 18 heavy (non-hydrogen) atoms. The summed E-state index contributed by atoms with van der Waals surface area (Å²) in [4.78, 5) is 14.0. The molecule has 1 heterocycles. The van der Waals surface area contributed by atoms with Gasteiger partial charge in [0.25, 0.3) is 0 Å². The molecule has 0 saturated carbocycles. The lowest BCUT2D eigenvalue weighted by Crippen LogP contribution is -2.51. The normalized spacial score (nSPS) is 22.8. The number of hydrogen-bond acceptors (Lipinski definition) is 4. The van der Waals surface area contributed by atoms with Gasteiger partial charge in [0.1, 0.15) is 5.54 Å². The summed E-state index contributed by atoms with van der Waals surface area (Å²) in [6.45, 7) is 0.831. The van der Waals surface area contributed by atoms with Crippen molar-refractivity contribution < 1.29 is 9.53 Å². The molecule has 1 aromatic carbocycles. The van der Waals surface area contributed by atoms with Crippen LogP contribution >= 0.6 is 0 Å². The molecule has 1 unspecified atom stereocenters. The Hall–Kier alpha value is -1.59. The van der Waals surface area contributed by atoms with Crippen LogP contribution in [-0.4, -0.2) is 38.8 Å². The van der Waals surface area contributed by atoms with Gasteiger partial charge in [-0.25, -0.2) is 0 Å². The van der Waals surface area contributed by atoms with Crippen LogP contribution in [0.4, 0.5) is 11.4 Å². The van der Waals surface area contributed by atoms with Crippen LogP contribution in [-0.2, 0) is 9.53 Å². The van der Waals surface area contributed by atoms with Crippen molar-refractivity contribution in [1.82, 2.24) is 0 Å². The van der Waals surface area contributed by atoms with Crippen LogP contribution < -0.4 is 16.0 Å². The first-order valence-electron chi connectivity index (χ1n) is 5.97. The van der Waals surface area contributed by atoms with Crippen molar-refractivity contribution in [1.29, 1.82) is 0 Å². The lowest BCUT2D eigenvalue weighted by Gasteiger charge is -2.21. The molecule has 0 spiro atoms. The number of benzene rings is 1. The second-order valence-corrected chi connectivity index (χ2v) is 4.85. The van der Waals surface area contributed by atoms with Gasteiger partial charge < -0.3 is 20.7 Å². The highest BCUT2D eigenvalue weighted by Gasteiger charge is 2.38. The molecule has 1 atom stereocenters. The molecule has 98 valence electrons. The average Bonchev–Trinajstić information content (AvgIpc) is 2.78. The van der Waals surface area contributed by atoms with E-state index in [0.29, 0.717) is 13.0 Å². The standard InChI is InChI=1S/C13H19N3O2/c1-16(2)11-5-3-10(4-6-11)15-12(17)13(14)7-8-18-9-13/h3-6H,7-9,14H2,1-2H3,(H,15,17). The second kappa shape index (κ2) is 4.96. The number of ether oxygens (including phenoxy) is 1. The van der Waals surface area contributed by atoms with Crippen LogP contribution in [0.25, 0.3) is 0 Å². The van der Waals surface area contributed by atoms with Crippen LogP contribution in [0.5, 0.6) is 0 Å². The molecule has 1 aromatic rings. The van der Waals surface area contributed by atoms with E-state index in [-0.39, 0.29) is 12.5 Å². The fourth-order valence-corrected chi connectivity index (χ4v) is 1.86. The number of amides is 1. The molecule has 5 nitrogen and oxygen atoms in total. The van der Waals surface area contributed by atoms with Gasteiger partial charge in [0.2, 0.25) is 5.91 Å². The van der Waals surface area contributed by atoms with Crippen molar-refractivity contribution in [3.05, 3.63) is 24.3 Å². The molecule has 1 saturated heterocycles. The lowest BCUT2D eigenvalue weighted by atomic mass is 9.99. The van der Waals surface area contributed by atoms with Crippen LogP contribution in [0.15, 0.2) is 24.3 Å². The average molecular weight is 249 g/mol. The Labute approximate surface area is 107 Å². The van der Waals surface area contributed by atoms with Crippen LogP contribution in [0.2, 0.25) is 0 Å². The Balaban J connectivity index is 2.03. The molecule has 0 aliphatic carbocycles. The highest BCUT2D eigenvalue weighted by atomic mass is 16.5. The van der Waals surface area contributed by atoms with E-state index in [1.54, 1.807) is 0 Å². The van der Waals surface area contributed by atoms with Gasteiger partial charge in [-0.15, -0.1) is 0 Å². The van der Waals surface area contributed by atoms with Crippen molar-refractivity contribution in [3.8, 4) is 0 Å². The molecule has 1 amide bonds. The third kappa shape index (κ3) is 2.63. The van der Waals surface area contributed by atoms with Gasteiger partial charge in [-0.2, -0.15) is 0 Å². The zero-order valence-electron chi connectivity index (χ0n) is 10.8. The summed E-state index contributed by atoms with van der Waals surface area (Å²) in [5.41, 5.74) is 6.93. The maximum absolute atomic E-state index is 12.0. The summed E-state index contributed by atoms with van der Waals surface area (Å²) in [7, 11) is 3.94. The van der Waals surface area contributed by atoms with E-state index in [9.17, 15) is 4.79 Å². The second-order valence-electron chi connectivity index (χ2n) is 4.85. The van der Waals surface area contributed by atoms with E-state index < -0.39 is 5.54 Å². The first-order chi connectivity index (χ1) is 8.51. The van der Waals surface area contributed by atoms with E-state index >= 15 is 0 Å². The molecule has 0 aromatic heterocycles. The number of anilines is 2. The highest BCUT2D eigenvalue weighted by Crippen LogP contribution is 2.20. The molecular formula is C13H19N3O2. The van der Waals surface area contributed by atoms with Crippen molar-refractivity contribution in [2.75, 3.05) is 37.5 Å². The molecule has 0 bridgehead atoms. The summed E-state index contributed by atoms with van der Waals surface area (Å²) >= 11 is 0. The number of hydrogen-bond donors (Lipinski definition) is 2. The molecule has 1 fully saturated rings. The van der Waals surface area contributed by atoms with Gasteiger partial charge in [-0.3, -0.25) is 4.79 Å². The molecule has 2 rings (SSSR count). The molecule has 5 heteroatoms. The third-order valence-electron chi connectivity index (χ3n) is 3.15. The highest BCUT2D eigenvalue weighted by molar-refractivity contribution is 5.98. The Morgan fingerprint density at radius 1 is 1.39 bits per heavy atom. The lowest BCUT2D eigenvalue weighted by molar-refractivity contribution is -0.121. The molecule has 1 aliphatic rings. The minimum absolute atomic E-state index is 0.183. The summed E-state index contributed by atoms with van der Waals surface area (Å²) < 4.78 is 5.18. The van der Waals surface area contributed by atoms with Gasteiger partial charge in [0, 0.05) is 32.1 Å². The Bertz CT molecular complexity index is 422. The third-order valence-corrected chi connectivity index (χ3v) is 3.15. The SMILES string of the molecule is CN(C)c1ccc(NC(=O)C2(N)CCOC2)cc1. The van der Waals surface area contributed by atoms with Gasteiger partial charge in [-0.05, 0) is 30.7 Å². The Kier molecular flexibility index (Phi) is 3.54. The monoisotopic (exact) mass is 249 g/mol. The van der Waals surface area contributed by atoms with Gasteiger partial charge >= 0.3 is 0 Å². The summed E-state index contributed by atoms with van der Waals surface area (Å²) in [6, 6.07) is 7.63. The summed E-state index contributed by atoms with van der Waals surface area (Å²) in [6.07, 6.45) is 0.564. The minimum atomic E-state index is -0.889. The van der Waals surface area contributed by atoms with E-state index in [0.717, 1.165) is 11.4 Å². The Morgan fingerprint density at radius 3 is 2.56 bits per heavy atom. The first-order valence-corrected chi connectivity index (χ1v) is 5.97. The topological polar surface area (TPSA) is 67.6 Å². The van der Waals surface area contributed by atoms with Gasteiger partial charge in [0.05, 0.1) is 6.61 Å². The number of nitrogens with two attached hydrogens (primary N) is 1. The summed E-state index contributed by atoms with van der Waals surface area (Å²) in [5, 5.41) is 2.83. The molecule has 3 N–H and O–H groups in total. The fourth-order valence-electron chi connectivity index (χ4n) is 1.86. The fraction of sp³-hybridized carbons (Fsp3) is 0.462. The maximum atomic E-state index is 12.0. The number of carbonyl (C=O) groups excluding carboxylic acids is 1. The number of carbonyl (C=O) groups is 1. The molecule has 1 aliphatic heterocycles. The quantitative estimate of drug-likeness (QED) is 0.832. The molecular weight excluding hydrogens is 230 g/mol. The first kappa shape index (κ1) is 12.9. The van der Waals surface area contributed by atoms with Gasteiger partial charge in [0.15, 0.2) is 0 Å². The number of nitrogens with zero attached hydrogens (tertiary/aromatic N) is 1. The predicted octanol–water partition coefficient (Wildman–Crippen LogP) is 0.809. The van der Waals surface area contributed by atoms with Crippen molar-refractivity contribution >= 4 is 17.3 Å². The minimum Gasteiger partial charge on any atom is -0.379 e. The molecule has 0 radical (unpaired) electrons. The number of rotatable bonds is 3. The van der Waals surface area contributed by atoms with Crippen LogP contribution in [0, 0.1) is 0 Å². The number of nitrogens with one attached hydrogen (secondary N) is 1.